The Morgan fingerprint density at radius 3 is 2.25 bits per heavy atom. The van der Waals surface area contributed by atoms with Crippen molar-refractivity contribution < 1.29 is 4.74 Å². The molecule has 24 heavy (non-hydrogen) atoms. The van der Waals surface area contributed by atoms with Gasteiger partial charge in [0.1, 0.15) is 5.75 Å². The largest absolute Gasteiger partial charge is 0.439 e. The first kappa shape index (κ1) is 16.3. The zero-order valence-electron chi connectivity index (χ0n) is 13.2. The number of nitrogens with zero attached hydrogens (tertiary/aromatic N) is 1. The molecule has 0 bridgehead atoms. The summed E-state index contributed by atoms with van der Waals surface area (Å²) in [5.74, 6) is 1.33. The third-order valence-electron chi connectivity index (χ3n) is 3.44. The van der Waals surface area contributed by atoms with Crippen molar-refractivity contribution in [3.05, 3.63) is 88.9 Å². The van der Waals surface area contributed by atoms with Gasteiger partial charge in [0.2, 0.25) is 5.90 Å². The molecule has 0 aromatic heterocycles. The lowest BCUT2D eigenvalue weighted by atomic mass is 10.1. The summed E-state index contributed by atoms with van der Waals surface area (Å²) in [6, 6.07) is 25.7. The molecule has 0 spiro atoms. The molecule has 0 aliphatic carbocycles. The van der Waals surface area contributed by atoms with Gasteiger partial charge in [0.25, 0.3) is 0 Å². The Bertz CT molecular complexity index is 830. The number of anilines is 2. The summed E-state index contributed by atoms with van der Waals surface area (Å²) in [5.41, 5.74) is 2.85. The minimum Gasteiger partial charge on any atom is -0.439 e. The first-order valence-corrected chi connectivity index (χ1v) is 8.37. The van der Waals surface area contributed by atoms with Crippen LogP contribution in [0, 0.1) is 0 Å². The molecule has 4 heteroatoms. The fraction of sp³-hybridized carbons (Fsp3) is 0.0500. The number of ether oxygens (including phenoxy) is 1. The molecule has 0 heterocycles. The molecule has 3 aromatic rings. The van der Waals surface area contributed by atoms with Crippen LogP contribution in [0.5, 0.6) is 5.75 Å². The van der Waals surface area contributed by atoms with Crippen molar-refractivity contribution in [1.29, 1.82) is 0 Å². The van der Waals surface area contributed by atoms with E-state index < -0.39 is 0 Å². The molecule has 3 rings (SSSR count). The van der Waals surface area contributed by atoms with Crippen molar-refractivity contribution in [3.8, 4) is 5.75 Å². The van der Waals surface area contributed by atoms with Gasteiger partial charge in [-0.15, -0.1) is 0 Å². The second kappa shape index (κ2) is 7.79. The number of halogens is 1. The number of benzene rings is 3. The van der Waals surface area contributed by atoms with E-state index in [2.05, 4.69) is 26.2 Å². The lowest BCUT2D eigenvalue weighted by molar-refractivity contribution is 0.551. The third kappa shape index (κ3) is 4.03. The average molecular weight is 381 g/mol. The molecule has 0 saturated heterocycles. The predicted octanol–water partition coefficient (Wildman–Crippen LogP) is 5.65. The van der Waals surface area contributed by atoms with Crippen LogP contribution in [0.25, 0.3) is 0 Å². The number of para-hydroxylation sites is 2. The molecular formula is C20H17BrN2O. The minimum atomic E-state index is 0.571. The molecule has 0 atom stereocenters. The van der Waals surface area contributed by atoms with Crippen LogP contribution >= 0.6 is 15.9 Å². The van der Waals surface area contributed by atoms with Crippen molar-refractivity contribution in [2.24, 2.45) is 4.99 Å². The van der Waals surface area contributed by atoms with Crippen LogP contribution in [0.15, 0.2) is 88.3 Å². The highest BCUT2D eigenvalue weighted by Crippen LogP contribution is 2.24. The highest BCUT2D eigenvalue weighted by Gasteiger charge is 2.11. The number of rotatable bonds is 4. The summed E-state index contributed by atoms with van der Waals surface area (Å²) in [6.45, 7) is 0. The molecule has 120 valence electrons. The minimum absolute atomic E-state index is 0.571. The van der Waals surface area contributed by atoms with Crippen LogP contribution in [0.1, 0.15) is 5.56 Å². The molecule has 0 aliphatic rings. The van der Waals surface area contributed by atoms with E-state index in [0.29, 0.717) is 5.90 Å². The zero-order valence-corrected chi connectivity index (χ0v) is 14.8. The van der Waals surface area contributed by atoms with Crippen molar-refractivity contribution in [3.63, 3.8) is 0 Å². The Morgan fingerprint density at radius 1 is 0.875 bits per heavy atom. The normalized spacial score (nSPS) is 11.2. The van der Waals surface area contributed by atoms with Crippen LogP contribution in [0.3, 0.4) is 0 Å². The van der Waals surface area contributed by atoms with E-state index in [-0.39, 0.29) is 0 Å². The van der Waals surface area contributed by atoms with Gasteiger partial charge in [-0.3, -0.25) is 4.99 Å². The highest BCUT2D eigenvalue weighted by atomic mass is 79.9. The van der Waals surface area contributed by atoms with Crippen molar-refractivity contribution in [2.45, 2.75) is 0 Å². The van der Waals surface area contributed by atoms with E-state index >= 15 is 0 Å². The second-order valence-electron chi connectivity index (χ2n) is 5.12. The Hall–Kier alpha value is -2.59. The van der Waals surface area contributed by atoms with Gasteiger partial charge in [-0.25, -0.2) is 0 Å². The summed E-state index contributed by atoms with van der Waals surface area (Å²) in [4.78, 5) is 4.32. The van der Waals surface area contributed by atoms with Gasteiger partial charge in [-0.05, 0) is 48.5 Å². The van der Waals surface area contributed by atoms with Crippen LogP contribution in [-0.4, -0.2) is 12.9 Å². The van der Waals surface area contributed by atoms with Crippen LogP contribution in [0.2, 0.25) is 0 Å². The fourth-order valence-corrected chi connectivity index (χ4v) is 2.55. The number of aliphatic imine (C=N–C) groups is 1. The third-order valence-corrected chi connectivity index (χ3v) is 3.97. The average Bonchev–Trinajstić information content (AvgIpc) is 2.63. The Morgan fingerprint density at radius 2 is 1.54 bits per heavy atom. The predicted molar refractivity (Wildman–Crippen MR) is 103 cm³/mol. The summed E-state index contributed by atoms with van der Waals surface area (Å²) in [6.07, 6.45) is 0. The van der Waals surface area contributed by atoms with E-state index in [1.165, 1.54) is 0 Å². The maximum atomic E-state index is 5.95. The molecule has 0 saturated carbocycles. The van der Waals surface area contributed by atoms with Gasteiger partial charge in [-0.1, -0.05) is 46.3 Å². The maximum absolute atomic E-state index is 5.95. The van der Waals surface area contributed by atoms with Gasteiger partial charge < -0.3 is 10.1 Å². The van der Waals surface area contributed by atoms with E-state index in [4.69, 9.17) is 4.74 Å². The highest BCUT2D eigenvalue weighted by molar-refractivity contribution is 9.10. The lowest BCUT2D eigenvalue weighted by Crippen LogP contribution is -2.12. The van der Waals surface area contributed by atoms with Crippen LogP contribution < -0.4 is 10.1 Å². The number of nitrogens with one attached hydrogen (secondary N) is 1. The van der Waals surface area contributed by atoms with Gasteiger partial charge >= 0.3 is 0 Å². The van der Waals surface area contributed by atoms with Crippen molar-refractivity contribution >= 4 is 33.2 Å². The smallest absolute Gasteiger partial charge is 0.223 e. The summed E-state index contributed by atoms with van der Waals surface area (Å²) < 4.78 is 7.00. The van der Waals surface area contributed by atoms with E-state index in [0.717, 1.165) is 27.2 Å². The maximum Gasteiger partial charge on any atom is 0.223 e. The molecule has 3 aromatic carbocycles. The molecule has 0 unspecified atom stereocenters. The first-order valence-electron chi connectivity index (χ1n) is 7.58. The molecular weight excluding hydrogens is 364 g/mol. The Labute approximate surface area is 150 Å². The molecule has 0 radical (unpaired) electrons. The van der Waals surface area contributed by atoms with Crippen molar-refractivity contribution in [1.82, 2.24) is 0 Å². The quantitative estimate of drug-likeness (QED) is 0.468. The number of hydrogen-bond donors (Lipinski definition) is 1. The molecule has 0 amide bonds. The number of hydrogen-bond acceptors (Lipinski definition) is 3. The summed E-state index contributed by atoms with van der Waals surface area (Å²) >= 11 is 3.45. The Balaban J connectivity index is 1.88. The van der Waals surface area contributed by atoms with E-state index in [9.17, 15) is 0 Å². The van der Waals surface area contributed by atoms with Gasteiger partial charge in [0, 0.05) is 17.2 Å². The molecule has 1 N–H and O–H groups in total. The lowest BCUT2D eigenvalue weighted by Gasteiger charge is -2.14. The summed E-state index contributed by atoms with van der Waals surface area (Å²) in [7, 11) is 1.73. The molecule has 0 fully saturated rings. The first-order chi connectivity index (χ1) is 11.8. The SMILES string of the molecule is CN=C(Oc1ccccc1)c1ccccc1Nc1ccc(Br)cc1. The van der Waals surface area contributed by atoms with Crippen molar-refractivity contribution in [2.75, 3.05) is 12.4 Å². The van der Waals surface area contributed by atoms with Crippen LogP contribution in [-0.2, 0) is 0 Å². The van der Waals surface area contributed by atoms with Gasteiger partial charge in [-0.2, -0.15) is 0 Å². The van der Waals surface area contributed by atoms with Gasteiger partial charge in [0.05, 0.1) is 11.3 Å². The standard InChI is InChI=1S/C20H17BrN2O/c1-22-20(24-17-7-3-2-4-8-17)18-9-5-6-10-19(18)23-16-13-11-15(21)12-14-16/h2-14,23H,1H3. The zero-order chi connectivity index (χ0) is 16.8. The second-order valence-corrected chi connectivity index (χ2v) is 6.04. The summed E-state index contributed by atoms with van der Waals surface area (Å²) in [5, 5.41) is 3.42. The topological polar surface area (TPSA) is 33.6 Å². The van der Waals surface area contributed by atoms with Gasteiger partial charge in [0.15, 0.2) is 0 Å². The van der Waals surface area contributed by atoms with E-state index in [1.807, 2.05) is 78.9 Å². The van der Waals surface area contributed by atoms with E-state index in [1.54, 1.807) is 7.05 Å². The van der Waals surface area contributed by atoms with Crippen LogP contribution in [0.4, 0.5) is 11.4 Å². The molecule has 3 nitrogen and oxygen atoms in total. The fourth-order valence-electron chi connectivity index (χ4n) is 2.29. The molecule has 0 aliphatic heterocycles. The monoisotopic (exact) mass is 380 g/mol. The Kier molecular flexibility index (Phi) is 5.29.